The van der Waals surface area contributed by atoms with E-state index in [0.29, 0.717) is 6.61 Å². The predicted octanol–water partition coefficient (Wildman–Crippen LogP) is 3.74. The minimum Gasteiger partial charge on any atom is -0.394 e. The summed E-state index contributed by atoms with van der Waals surface area (Å²) in [6.07, 6.45) is 16.5. The molecule has 0 amide bonds. The molecule has 0 saturated carbocycles. The molecule has 0 aliphatic carbocycles. The van der Waals surface area contributed by atoms with Crippen molar-refractivity contribution in [3.05, 3.63) is 12.2 Å². The lowest BCUT2D eigenvalue weighted by atomic mass is 10.1. The quantitative estimate of drug-likeness (QED) is 0.262. The molecule has 0 bridgehead atoms. The highest BCUT2D eigenvalue weighted by Crippen LogP contribution is 2.20. The van der Waals surface area contributed by atoms with Crippen LogP contribution in [0.3, 0.4) is 0 Å². The van der Waals surface area contributed by atoms with E-state index in [0.717, 1.165) is 19.3 Å². The molecule has 4 atom stereocenters. The minimum atomic E-state index is -0.977. The van der Waals surface area contributed by atoms with Gasteiger partial charge >= 0.3 is 0 Å². The maximum Gasteiger partial charge on any atom is 0.114 e. The summed E-state index contributed by atoms with van der Waals surface area (Å²) in [4.78, 5) is 0. The van der Waals surface area contributed by atoms with E-state index in [4.69, 9.17) is 9.47 Å². The summed E-state index contributed by atoms with van der Waals surface area (Å²) in [5.41, 5.74) is 0. The molecule has 27 heavy (non-hydrogen) atoms. The molecule has 1 heterocycles. The summed E-state index contributed by atoms with van der Waals surface area (Å²) in [6, 6.07) is 0. The van der Waals surface area contributed by atoms with Gasteiger partial charge in [0.05, 0.1) is 13.2 Å². The van der Waals surface area contributed by atoms with Crippen LogP contribution < -0.4 is 0 Å². The van der Waals surface area contributed by atoms with Crippen molar-refractivity contribution in [2.45, 2.75) is 108 Å². The van der Waals surface area contributed by atoms with Gasteiger partial charge in [-0.25, -0.2) is 0 Å². The molecule has 0 spiro atoms. The average molecular weight is 387 g/mol. The molecule has 0 aromatic rings. The summed E-state index contributed by atoms with van der Waals surface area (Å²) < 4.78 is 11.0. The Balaban J connectivity index is 1.86. The molecule has 5 nitrogen and oxygen atoms in total. The molecule has 1 saturated heterocycles. The van der Waals surface area contributed by atoms with Gasteiger partial charge in [0.15, 0.2) is 0 Å². The van der Waals surface area contributed by atoms with Gasteiger partial charge in [0.25, 0.3) is 0 Å². The third-order valence-corrected chi connectivity index (χ3v) is 5.24. The van der Waals surface area contributed by atoms with Crippen molar-refractivity contribution >= 4 is 0 Å². The highest BCUT2D eigenvalue weighted by atomic mass is 16.6. The molecule has 0 aromatic heterocycles. The Kier molecular flexibility index (Phi) is 15.0. The lowest BCUT2D eigenvalue weighted by Crippen LogP contribution is -2.42. The molecule has 0 unspecified atom stereocenters. The van der Waals surface area contributed by atoms with Gasteiger partial charge in [0.1, 0.15) is 24.4 Å². The lowest BCUT2D eigenvalue weighted by molar-refractivity contribution is -0.101. The van der Waals surface area contributed by atoms with Crippen LogP contribution >= 0.6 is 0 Å². The van der Waals surface area contributed by atoms with Crippen LogP contribution in [0.1, 0.15) is 84.0 Å². The van der Waals surface area contributed by atoms with E-state index in [1.54, 1.807) is 0 Å². The molecule has 0 aromatic carbocycles. The average Bonchev–Trinajstić information content (AvgIpc) is 3.00. The predicted molar refractivity (Wildman–Crippen MR) is 109 cm³/mol. The standard InChI is InChI=1S/C22H42O5/c1-2-3-4-5-6-7-8-9-10-11-12-13-14-15-16-26-20(17-23)22-21(25)19(24)18-27-22/h3-4,19-25H,2,5-18H2,1H3/b4-3+/t19-,20+,21+,22+/m0/s1. The highest BCUT2D eigenvalue weighted by Gasteiger charge is 2.40. The maximum absolute atomic E-state index is 9.82. The normalized spacial score (nSPS) is 24.1. The van der Waals surface area contributed by atoms with Crippen LogP contribution in [0, 0.1) is 0 Å². The van der Waals surface area contributed by atoms with Gasteiger partial charge in [-0.3, -0.25) is 0 Å². The molecule has 3 N–H and O–H groups in total. The number of allylic oxidation sites excluding steroid dienone is 2. The number of hydrogen-bond acceptors (Lipinski definition) is 5. The highest BCUT2D eigenvalue weighted by molar-refractivity contribution is 4.88. The van der Waals surface area contributed by atoms with Crippen LogP contribution in [0.2, 0.25) is 0 Å². The number of unbranched alkanes of at least 4 members (excludes halogenated alkanes) is 10. The second-order valence-corrected chi connectivity index (χ2v) is 7.65. The zero-order valence-electron chi connectivity index (χ0n) is 17.2. The Hall–Kier alpha value is -0.460. The van der Waals surface area contributed by atoms with E-state index in [1.807, 2.05) is 0 Å². The number of aliphatic hydroxyl groups excluding tert-OH is 3. The third kappa shape index (κ3) is 11.2. The van der Waals surface area contributed by atoms with Gasteiger partial charge in [-0.2, -0.15) is 0 Å². The number of rotatable bonds is 17. The van der Waals surface area contributed by atoms with Gasteiger partial charge in [0.2, 0.25) is 0 Å². The first kappa shape index (κ1) is 24.6. The van der Waals surface area contributed by atoms with Crippen molar-refractivity contribution < 1.29 is 24.8 Å². The molecule has 1 aliphatic heterocycles. The zero-order chi connectivity index (χ0) is 19.7. The monoisotopic (exact) mass is 386 g/mol. The van der Waals surface area contributed by atoms with Crippen molar-refractivity contribution in [3.63, 3.8) is 0 Å². The fraction of sp³-hybridized carbons (Fsp3) is 0.909. The molecule has 5 heteroatoms. The Morgan fingerprint density at radius 2 is 1.52 bits per heavy atom. The number of ether oxygens (including phenoxy) is 2. The molecule has 1 rings (SSSR count). The molecule has 1 aliphatic rings. The summed E-state index contributed by atoms with van der Waals surface area (Å²) in [5, 5.41) is 28.7. The fourth-order valence-electron chi connectivity index (χ4n) is 3.50. The van der Waals surface area contributed by atoms with Crippen LogP contribution in [0.15, 0.2) is 12.2 Å². The van der Waals surface area contributed by atoms with Crippen molar-refractivity contribution in [1.82, 2.24) is 0 Å². The van der Waals surface area contributed by atoms with Crippen LogP contribution in [0.25, 0.3) is 0 Å². The van der Waals surface area contributed by atoms with Gasteiger partial charge in [-0.1, -0.05) is 70.4 Å². The smallest absolute Gasteiger partial charge is 0.114 e. The van der Waals surface area contributed by atoms with Gasteiger partial charge < -0.3 is 24.8 Å². The van der Waals surface area contributed by atoms with E-state index < -0.39 is 24.4 Å². The zero-order valence-corrected chi connectivity index (χ0v) is 17.2. The van der Waals surface area contributed by atoms with Crippen LogP contribution in [-0.4, -0.2) is 59.6 Å². The molecule has 0 radical (unpaired) electrons. The van der Waals surface area contributed by atoms with Crippen molar-refractivity contribution in [2.24, 2.45) is 0 Å². The fourth-order valence-corrected chi connectivity index (χ4v) is 3.50. The van der Waals surface area contributed by atoms with Crippen LogP contribution in [0.5, 0.6) is 0 Å². The second-order valence-electron chi connectivity index (χ2n) is 7.65. The van der Waals surface area contributed by atoms with Crippen LogP contribution in [-0.2, 0) is 9.47 Å². The third-order valence-electron chi connectivity index (χ3n) is 5.24. The summed E-state index contributed by atoms with van der Waals surface area (Å²) in [5.74, 6) is 0. The van der Waals surface area contributed by atoms with Crippen LogP contribution in [0.4, 0.5) is 0 Å². The first-order chi connectivity index (χ1) is 13.2. The second kappa shape index (κ2) is 16.5. The molecule has 1 fully saturated rings. The topological polar surface area (TPSA) is 79.2 Å². The Morgan fingerprint density at radius 3 is 2.04 bits per heavy atom. The molecule has 160 valence electrons. The van der Waals surface area contributed by atoms with E-state index in [-0.39, 0.29) is 13.2 Å². The Labute approximate surface area is 165 Å². The van der Waals surface area contributed by atoms with E-state index >= 15 is 0 Å². The van der Waals surface area contributed by atoms with E-state index in [2.05, 4.69) is 19.1 Å². The number of hydrogen-bond donors (Lipinski definition) is 3. The lowest BCUT2D eigenvalue weighted by Gasteiger charge is -2.24. The van der Waals surface area contributed by atoms with Gasteiger partial charge in [-0.05, 0) is 25.7 Å². The largest absolute Gasteiger partial charge is 0.394 e. The summed E-state index contributed by atoms with van der Waals surface area (Å²) in [7, 11) is 0. The van der Waals surface area contributed by atoms with E-state index in [9.17, 15) is 15.3 Å². The summed E-state index contributed by atoms with van der Waals surface area (Å²) in [6.45, 7) is 2.63. The SMILES string of the molecule is CC/C=C/CCCCCCCCCCCCO[C@H](CO)[C@H]1OC[C@H](O)[C@H]1O. The van der Waals surface area contributed by atoms with Gasteiger partial charge in [-0.15, -0.1) is 0 Å². The van der Waals surface area contributed by atoms with Crippen molar-refractivity contribution in [1.29, 1.82) is 0 Å². The van der Waals surface area contributed by atoms with Crippen molar-refractivity contribution in [3.8, 4) is 0 Å². The Bertz CT molecular complexity index is 361. The van der Waals surface area contributed by atoms with E-state index in [1.165, 1.54) is 57.8 Å². The molecular weight excluding hydrogens is 344 g/mol. The first-order valence-electron chi connectivity index (χ1n) is 11.1. The minimum absolute atomic E-state index is 0.0988. The molecular formula is C22H42O5. The van der Waals surface area contributed by atoms with Crippen molar-refractivity contribution in [2.75, 3.05) is 19.8 Å². The summed E-state index contributed by atoms with van der Waals surface area (Å²) >= 11 is 0. The number of aliphatic hydroxyl groups is 3. The van der Waals surface area contributed by atoms with Gasteiger partial charge in [0, 0.05) is 6.61 Å². The maximum atomic E-state index is 9.82. The first-order valence-corrected chi connectivity index (χ1v) is 11.1. The Morgan fingerprint density at radius 1 is 0.926 bits per heavy atom.